The molecular weight excluding hydrogens is 306 g/mol. The molecule has 0 aliphatic heterocycles. The molecule has 3 rings (SSSR count). The van der Waals surface area contributed by atoms with Gasteiger partial charge in [0.15, 0.2) is 0 Å². The van der Waals surface area contributed by atoms with Gasteiger partial charge in [-0.25, -0.2) is 4.68 Å². The highest BCUT2D eigenvalue weighted by atomic mass is 16.5. The Bertz CT molecular complexity index is 848. The molecule has 1 N–H and O–H groups in total. The molecule has 0 saturated carbocycles. The summed E-state index contributed by atoms with van der Waals surface area (Å²) in [4.78, 5) is 12.4. The highest BCUT2D eigenvalue weighted by molar-refractivity contribution is 5.94. The molecule has 2 aromatic heterocycles. The first-order valence-corrected chi connectivity index (χ1v) is 7.92. The maximum atomic E-state index is 12.4. The number of nitrogens with one attached hydrogen (secondary N) is 1. The minimum absolute atomic E-state index is 0.0981. The Kier molecular flexibility index (Phi) is 4.55. The van der Waals surface area contributed by atoms with Crippen molar-refractivity contribution in [1.29, 1.82) is 0 Å². The zero-order chi connectivity index (χ0) is 17.1. The number of benzene rings is 1. The molecule has 1 aromatic carbocycles. The molecule has 2 heterocycles. The molecule has 126 valence electrons. The van der Waals surface area contributed by atoms with Gasteiger partial charge >= 0.3 is 0 Å². The molecule has 0 saturated heterocycles. The van der Waals surface area contributed by atoms with E-state index in [1.54, 1.807) is 30.3 Å². The van der Waals surface area contributed by atoms with Gasteiger partial charge in [-0.2, -0.15) is 5.10 Å². The van der Waals surface area contributed by atoms with Crippen LogP contribution in [0.3, 0.4) is 0 Å². The summed E-state index contributed by atoms with van der Waals surface area (Å²) >= 11 is 0. The van der Waals surface area contributed by atoms with Crippen LogP contribution in [0.5, 0.6) is 5.75 Å². The number of carbonyl (C=O) groups excluding carboxylic acids is 1. The Labute approximate surface area is 140 Å². The number of furan rings is 1. The van der Waals surface area contributed by atoms with Gasteiger partial charge in [0.25, 0.3) is 0 Å². The Hall–Kier alpha value is -2.76. The van der Waals surface area contributed by atoms with Crippen molar-refractivity contribution in [3.05, 3.63) is 42.3 Å². The zero-order valence-corrected chi connectivity index (χ0v) is 14.1. The summed E-state index contributed by atoms with van der Waals surface area (Å²) in [6, 6.07) is 7.38. The van der Waals surface area contributed by atoms with Gasteiger partial charge in [-0.3, -0.25) is 4.79 Å². The molecule has 0 atom stereocenters. The zero-order valence-electron chi connectivity index (χ0n) is 14.1. The van der Waals surface area contributed by atoms with E-state index >= 15 is 0 Å². The topological polar surface area (TPSA) is 69.3 Å². The molecule has 0 aliphatic rings. The number of anilines is 1. The van der Waals surface area contributed by atoms with Crippen molar-refractivity contribution in [2.75, 3.05) is 12.4 Å². The number of nitrogens with zero attached hydrogens (tertiary/aromatic N) is 2. The fourth-order valence-electron chi connectivity index (χ4n) is 2.62. The van der Waals surface area contributed by atoms with Gasteiger partial charge in [-0.05, 0) is 18.1 Å². The predicted molar refractivity (Wildman–Crippen MR) is 92.2 cm³/mol. The monoisotopic (exact) mass is 327 g/mol. The van der Waals surface area contributed by atoms with E-state index in [1.165, 1.54) is 0 Å². The first-order chi connectivity index (χ1) is 11.6. The van der Waals surface area contributed by atoms with Crippen LogP contribution >= 0.6 is 0 Å². The van der Waals surface area contributed by atoms with Crippen LogP contribution in [0.4, 0.5) is 5.82 Å². The maximum absolute atomic E-state index is 12.4. The Morgan fingerprint density at radius 1 is 1.38 bits per heavy atom. The predicted octanol–water partition coefficient (Wildman–Crippen LogP) is 3.48. The van der Waals surface area contributed by atoms with Gasteiger partial charge in [0, 0.05) is 29.6 Å². The molecule has 0 aliphatic carbocycles. The number of amides is 1. The molecule has 24 heavy (non-hydrogen) atoms. The van der Waals surface area contributed by atoms with E-state index in [0.29, 0.717) is 17.3 Å². The SMILES string of the molecule is COc1ccc2c(CC(=O)Nc3ccnn3CC(C)C)coc2c1. The molecule has 0 unspecified atom stereocenters. The van der Waals surface area contributed by atoms with Gasteiger partial charge in [0.2, 0.25) is 5.91 Å². The lowest BCUT2D eigenvalue weighted by Gasteiger charge is -2.10. The molecule has 0 radical (unpaired) electrons. The highest BCUT2D eigenvalue weighted by Crippen LogP contribution is 2.26. The van der Waals surface area contributed by atoms with E-state index in [0.717, 1.165) is 23.2 Å². The summed E-state index contributed by atoms with van der Waals surface area (Å²) < 4.78 is 12.5. The summed E-state index contributed by atoms with van der Waals surface area (Å²) in [6.45, 7) is 4.98. The van der Waals surface area contributed by atoms with Crippen molar-refractivity contribution < 1.29 is 13.9 Å². The first-order valence-electron chi connectivity index (χ1n) is 7.92. The summed E-state index contributed by atoms with van der Waals surface area (Å²) in [5, 5.41) is 8.08. The van der Waals surface area contributed by atoms with Crippen LogP contribution in [0, 0.1) is 5.92 Å². The van der Waals surface area contributed by atoms with E-state index in [4.69, 9.17) is 9.15 Å². The smallest absolute Gasteiger partial charge is 0.230 e. The number of ether oxygens (including phenoxy) is 1. The number of fused-ring (bicyclic) bond motifs is 1. The quantitative estimate of drug-likeness (QED) is 0.752. The van der Waals surface area contributed by atoms with Crippen LogP contribution in [0.2, 0.25) is 0 Å². The first kappa shape index (κ1) is 16.1. The second-order valence-corrected chi connectivity index (χ2v) is 6.14. The van der Waals surface area contributed by atoms with Gasteiger partial charge in [-0.15, -0.1) is 0 Å². The van der Waals surface area contributed by atoms with Gasteiger partial charge in [0.05, 0.1) is 26.0 Å². The van der Waals surface area contributed by atoms with Crippen molar-refractivity contribution in [3.8, 4) is 5.75 Å². The minimum Gasteiger partial charge on any atom is -0.497 e. The lowest BCUT2D eigenvalue weighted by Crippen LogP contribution is -2.18. The Balaban J connectivity index is 1.72. The number of carbonyl (C=O) groups is 1. The van der Waals surface area contributed by atoms with E-state index < -0.39 is 0 Å². The third kappa shape index (κ3) is 3.42. The van der Waals surface area contributed by atoms with Crippen LogP contribution in [-0.4, -0.2) is 22.8 Å². The van der Waals surface area contributed by atoms with Gasteiger partial charge < -0.3 is 14.5 Å². The van der Waals surface area contributed by atoms with Crippen molar-refractivity contribution in [1.82, 2.24) is 9.78 Å². The third-order valence-corrected chi connectivity index (χ3v) is 3.74. The van der Waals surface area contributed by atoms with E-state index in [2.05, 4.69) is 24.3 Å². The number of rotatable bonds is 6. The van der Waals surface area contributed by atoms with Crippen molar-refractivity contribution in [2.24, 2.45) is 5.92 Å². The largest absolute Gasteiger partial charge is 0.497 e. The molecule has 0 fully saturated rings. The van der Waals surface area contributed by atoms with Gasteiger partial charge in [0.1, 0.15) is 17.2 Å². The lowest BCUT2D eigenvalue weighted by molar-refractivity contribution is -0.115. The Morgan fingerprint density at radius 2 is 2.21 bits per heavy atom. The summed E-state index contributed by atoms with van der Waals surface area (Å²) in [7, 11) is 1.61. The summed E-state index contributed by atoms with van der Waals surface area (Å²) in [6.07, 6.45) is 3.55. The number of aromatic nitrogens is 2. The van der Waals surface area contributed by atoms with Gasteiger partial charge in [-0.1, -0.05) is 13.8 Å². The second kappa shape index (κ2) is 6.78. The molecule has 6 nitrogen and oxygen atoms in total. The van der Waals surface area contributed by atoms with Crippen molar-refractivity contribution in [2.45, 2.75) is 26.8 Å². The third-order valence-electron chi connectivity index (χ3n) is 3.74. The fraction of sp³-hybridized carbons (Fsp3) is 0.333. The molecule has 1 amide bonds. The van der Waals surface area contributed by atoms with Crippen LogP contribution in [0.25, 0.3) is 11.0 Å². The number of methoxy groups -OCH3 is 1. The molecule has 3 aromatic rings. The minimum atomic E-state index is -0.0981. The van der Waals surface area contributed by atoms with E-state index in [1.807, 2.05) is 18.2 Å². The second-order valence-electron chi connectivity index (χ2n) is 6.14. The van der Waals surface area contributed by atoms with Crippen LogP contribution in [-0.2, 0) is 17.8 Å². The maximum Gasteiger partial charge on any atom is 0.230 e. The van der Waals surface area contributed by atoms with Crippen LogP contribution < -0.4 is 10.1 Å². The van der Waals surface area contributed by atoms with E-state index in [-0.39, 0.29) is 12.3 Å². The molecule has 0 bridgehead atoms. The number of hydrogen-bond donors (Lipinski definition) is 1. The van der Waals surface area contributed by atoms with Crippen molar-refractivity contribution in [3.63, 3.8) is 0 Å². The number of hydrogen-bond acceptors (Lipinski definition) is 4. The summed E-state index contributed by atoms with van der Waals surface area (Å²) in [5.74, 6) is 1.79. The van der Waals surface area contributed by atoms with Crippen LogP contribution in [0.15, 0.2) is 41.1 Å². The van der Waals surface area contributed by atoms with E-state index in [9.17, 15) is 4.79 Å². The normalized spacial score (nSPS) is 11.2. The molecule has 0 spiro atoms. The molecule has 6 heteroatoms. The fourth-order valence-corrected chi connectivity index (χ4v) is 2.62. The average molecular weight is 327 g/mol. The highest BCUT2D eigenvalue weighted by Gasteiger charge is 2.13. The average Bonchev–Trinajstić information content (AvgIpc) is 3.14. The van der Waals surface area contributed by atoms with Crippen molar-refractivity contribution >= 4 is 22.7 Å². The summed E-state index contributed by atoms with van der Waals surface area (Å²) in [5.41, 5.74) is 1.56. The lowest BCUT2D eigenvalue weighted by atomic mass is 10.1. The van der Waals surface area contributed by atoms with Crippen LogP contribution in [0.1, 0.15) is 19.4 Å². The standard InChI is InChI=1S/C18H21N3O3/c1-12(2)10-21-17(6-7-19-21)20-18(22)8-13-11-24-16-9-14(23-3)4-5-15(13)16/h4-7,9,11-12H,8,10H2,1-3H3,(H,20,22). The Morgan fingerprint density at radius 3 is 2.96 bits per heavy atom. The molecular formula is C18H21N3O3.